The molecule has 0 bridgehead atoms. The lowest BCUT2D eigenvalue weighted by Crippen LogP contribution is -2.12. The van der Waals surface area contributed by atoms with Crippen molar-refractivity contribution in [3.8, 4) is 0 Å². The average Bonchev–Trinajstić information content (AvgIpc) is 2.15. The molecule has 0 radical (unpaired) electrons. The maximum atomic E-state index is 13.2. The highest BCUT2D eigenvalue weighted by molar-refractivity contribution is 9.08. The second-order valence-electron chi connectivity index (χ2n) is 2.79. The molecule has 90 valence electrons. The molecule has 0 atom stereocenters. The summed E-state index contributed by atoms with van der Waals surface area (Å²) in [5, 5.41) is -0.373. The van der Waals surface area contributed by atoms with Gasteiger partial charge in [-0.2, -0.15) is 13.2 Å². The van der Waals surface area contributed by atoms with Crippen LogP contribution in [0.15, 0.2) is 6.07 Å². The van der Waals surface area contributed by atoms with Crippen molar-refractivity contribution in [2.24, 2.45) is 0 Å². The molecule has 0 aliphatic rings. The highest BCUT2D eigenvalue weighted by Gasteiger charge is 2.35. The van der Waals surface area contributed by atoms with E-state index in [1.165, 1.54) is 0 Å². The zero-order chi connectivity index (χ0) is 12.5. The molecule has 0 N–H and O–H groups in total. The van der Waals surface area contributed by atoms with Gasteiger partial charge in [0, 0.05) is 5.33 Å². The van der Waals surface area contributed by atoms with E-state index in [9.17, 15) is 26.3 Å². The predicted octanol–water partition coefficient (Wildman–Crippen LogP) is 4.07. The Balaban J connectivity index is 3.40. The molecule has 0 unspecified atom stereocenters. The summed E-state index contributed by atoms with van der Waals surface area (Å²) < 4.78 is 74.4. The molecule has 0 aliphatic carbocycles. The molecule has 16 heavy (non-hydrogen) atoms. The standard InChI is InChI=1S/C8H4BrF6N/c9-2-4-6(10)3(7(11)12)1-5(16-4)8(13,14)15/h1,7H,2H2. The topological polar surface area (TPSA) is 12.9 Å². The Hall–Kier alpha value is -0.790. The van der Waals surface area contributed by atoms with E-state index in [0.29, 0.717) is 0 Å². The molecule has 0 fully saturated rings. The van der Waals surface area contributed by atoms with Crippen molar-refractivity contribution in [1.82, 2.24) is 4.98 Å². The zero-order valence-corrected chi connectivity index (χ0v) is 9.04. The second kappa shape index (κ2) is 4.60. The third-order valence-corrected chi connectivity index (χ3v) is 2.24. The van der Waals surface area contributed by atoms with Crippen molar-refractivity contribution < 1.29 is 26.3 Å². The minimum Gasteiger partial charge on any atom is -0.244 e. The van der Waals surface area contributed by atoms with Crippen LogP contribution in [0.5, 0.6) is 0 Å². The van der Waals surface area contributed by atoms with E-state index in [4.69, 9.17) is 0 Å². The van der Waals surface area contributed by atoms with Crippen LogP contribution >= 0.6 is 15.9 Å². The summed E-state index contributed by atoms with van der Waals surface area (Å²) in [7, 11) is 0. The molecule has 0 aromatic carbocycles. The van der Waals surface area contributed by atoms with Gasteiger partial charge in [0.05, 0.1) is 11.3 Å². The summed E-state index contributed by atoms with van der Waals surface area (Å²) in [4.78, 5) is 2.92. The highest BCUT2D eigenvalue weighted by atomic mass is 79.9. The number of nitrogens with zero attached hydrogens (tertiary/aromatic N) is 1. The molecule has 1 aromatic rings. The van der Waals surface area contributed by atoms with Crippen LogP contribution in [0.1, 0.15) is 23.4 Å². The van der Waals surface area contributed by atoms with Gasteiger partial charge in [0.25, 0.3) is 6.43 Å². The van der Waals surface area contributed by atoms with Gasteiger partial charge < -0.3 is 0 Å². The summed E-state index contributed by atoms with van der Waals surface area (Å²) in [6.45, 7) is 0. The van der Waals surface area contributed by atoms with Gasteiger partial charge in [-0.15, -0.1) is 0 Å². The van der Waals surface area contributed by atoms with Crippen LogP contribution in [0, 0.1) is 5.82 Å². The fourth-order valence-electron chi connectivity index (χ4n) is 0.997. The van der Waals surface area contributed by atoms with Crippen LogP contribution in [-0.2, 0) is 11.5 Å². The first kappa shape index (κ1) is 13.3. The lowest BCUT2D eigenvalue weighted by molar-refractivity contribution is -0.141. The van der Waals surface area contributed by atoms with Gasteiger partial charge in [-0.3, -0.25) is 0 Å². The van der Waals surface area contributed by atoms with E-state index in [2.05, 4.69) is 20.9 Å². The van der Waals surface area contributed by atoms with Gasteiger partial charge in [-0.25, -0.2) is 18.2 Å². The summed E-state index contributed by atoms with van der Waals surface area (Å²) >= 11 is 2.68. The molecule has 1 heterocycles. The molecule has 0 aliphatic heterocycles. The first-order valence-electron chi connectivity index (χ1n) is 3.88. The molecule has 1 rings (SSSR count). The number of aromatic nitrogens is 1. The molecule has 0 saturated carbocycles. The van der Waals surface area contributed by atoms with Crippen LogP contribution in [0.2, 0.25) is 0 Å². The lowest BCUT2D eigenvalue weighted by atomic mass is 10.2. The summed E-state index contributed by atoms with van der Waals surface area (Å²) in [5.41, 5.74) is -3.51. The third-order valence-electron chi connectivity index (χ3n) is 1.71. The molecule has 0 saturated heterocycles. The van der Waals surface area contributed by atoms with Crippen molar-refractivity contribution in [3.05, 3.63) is 28.8 Å². The van der Waals surface area contributed by atoms with Crippen LogP contribution in [0.25, 0.3) is 0 Å². The van der Waals surface area contributed by atoms with Gasteiger partial charge in [-0.1, -0.05) is 15.9 Å². The van der Waals surface area contributed by atoms with E-state index in [1.807, 2.05) is 0 Å². The van der Waals surface area contributed by atoms with E-state index in [1.54, 1.807) is 0 Å². The SMILES string of the molecule is Fc1c(C(F)F)cc(C(F)(F)F)nc1CBr. The number of halogens is 7. The van der Waals surface area contributed by atoms with Gasteiger partial charge in [0.2, 0.25) is 0 Å². The monoisotopic (exact) mass is 307 g/mol. The lowest BCUT2D eigenvalue weighted by Gasteiger charge is -2.11. The van der Waals surface area contributed by atoms with E-state index < -0.39 is 35.4 Å². The normalized spacial score (nSPS) is 12.2. The maximum absolute atomic E-state index is 13.2. The van der Waals surface area contributed by atoms with Crippen molar-refractivity contribution in [2.45, 2.75) is 17.9 Å². The van der Waals surface area contributed by atoms with Crippen molar-refractivity contribution in [1.29, 1.82) is 0 Å². The zero-order valence-electron chi connectivity index (χ0n) is 7.45. The summed E-state index contributed by atoms with van der Waals surface area (Å²) in [6, 6.07) is 0.0200. The number of alkyl halides is 6. The van der Waals surface area contributed by atoms with Gasteiger partial charge >= 0.3 is 6.18 Å². The van der Waals surface area contributed by atoms with E-state index >= 15 is 0 Å². The molecule has 8 heteroatoms. The number of hydrogen-bond acceptors (Lipinski definition) is 1. The summed E-state index contributed by atoms with van der Waals surface area (Å²) in [6.07, 6.45) is -8.20. The van der Waals surface area contributed by atoms with Crippen molar-refractivity contribution in [2.75, 3.05) is 0 Å². The Morgan fingerprint density at radius 2 is 1.88 bits per heavy atom. The van der Waals surface area contributed by atoms with E-state index in [-0.39, 0.29) is 11.4 Å². The highest BCUT2D eigenvalue weighted by Crippen LogP contribution is 2.33. The quantitative estimate of drug-likeness (QED) is 0.593. The fourth-order valence-corrected chi connectivity index (χ4v) is 1.37. The number of pyridine rings is 1. The van der Waals surface area contributed by atoms with Crippen molar-refractivity contribution >= 4 is 15.9 Å². The Morgan fingerprint density at radius 1 is 1.31 bits per heavy atom. The van der Waals surface area contributed by atoms with Crippen LogP contribution in [-0.4, -0.2) is 4.98 Å². The maximum Gasteiger partial charge on any atom is 0.433 e. The first-order valence-corrected chi connectivity index (χ1v) is 5.00. The predicted molar refractivity (Wildman–Crippen MR) is 46.8 cm³/mol. The van der Waals surface area contributed by atoms with Crippen LogP contribution in [0.3, 0.4) is 0 Å². The van der Waals surface area contributed by atoms with E-state index in [0.717, 1.165) is 0 Å². The fraction of sp³-hybridized carbons (Fsp3) is 0.375. The van der Waals surface area contributed by atoms with Crippen molar-refractivity contribution in [3.63, 3.8) is 0 Å². The van der Waals surface area contributed by atoms with Gasteiger partial charge in [-0.05, 0) is 6.07 Å². The minimum atomic E-state index is -4.88. The molecular weight excluding hydrogens is 304 g/mol. The average molecular weight is 308 g/mol. The molecule has 0 amide bonds. The minimum absolute atomic E-state index is 0.0200. The third kappa shape index (κ3) is 2.66. The molecular formula is C8H4BrF6N. The molecule has 0 spiro atoms. The molecule has 1 aromatic heterocycles. The Kier molecular flexibility index (Phi) is 3.82. The van der Waals surface area contributed by atoms with Gasteiger partial charge in [0.15, 0.2) is 5.82 Å². The Labute approximate surface area is 94.6 Å². The summed E-state index contributed by atoms with van der Waals surface area (Å²) in [5.74, 6) is -1.42. The molecule has 1 nitrogen and oxygen atoms in total. The Bertz CT molecular complexity index is 389. The van der Waals surface area contributed by atoms with Crippen LogP contribution in [0.4, 0.5) is 26.3 Å². The first-order chi connectivity index (χ1) is 7.27. The van der Waals surface area contributed by atoms with Crippen LogP contribution < -0.4 is 0 Å². The Morgan fingerprint density at radius 3 is 2.25 bits per heavy atom. The number of hydrogen-bond donors (Lipinski definition) is 0. The second-order valence-corrected chi connectivity index (χ2v) is 3.35. The smallest absolute Gasteiger partial charge is 0.244 e. The number of rotatable bonds is 2. The van der Waals surface area contributed by atoms with Gasteiger partial charge in [0.1, 0.15) is 5.69 Å². The largest absolute Gasteiger partial charge is 0.433 e.